The van der Waals surface area contributed by atoms with Crippen molar-refractivity contribution in [3.05, 3.63) is 23.8 Å². The first-order valence-corrected chi connectivity index (χ1v) is 9.53. The second-order valence-electron chi connectivity index (χ2n) is 6.56. The minimum atomic E-state index is -0.102. The van der Waals surface area contributed by atoms with E-state index in [9.17, 15) is 4.79 Å². The Balaban J connectivity index is 1.35. The van der Waals surface area contributed by atoms with Gasteiger partial charge in [-0.2, -0.15) is 0 Å². The van der Waals surface area contributed by atoms with E-state index >= 15 is 0 Å². The number of hydrazine groups is 1. The number of carbonyl (C=O) groups excluding carboxylic acids is 1. The fourth-order valence-electron chi connectivity index (χ4n) is 3.34. The first-order valence-electron chi connectivity index (χ1n) is 9.12. The summed E-state index contributed by atoms with van der Waals surface area (Å²) in [6.45, 7) is 6.47. The van der Waals surface area contributed by atoms with E-state index in [1.165, 1.54) is 0 Å². The predicted molar refractivity (Wildman–Crippen MR) is 102 cm³/mol. The lowest BCUT2D eigenvalue weighted by Crippen LogP contribution is -2.50. The van der Waals surface area contributed by atoms with Gasteiger partial charge in [-0.15, -0.1) is 0 Å². The van der Waals surface area contributed by atoms with Crippen LogP contribution in [0.4, 0.5) is 0 Å². The summed E-state index contributed by atoms with van der Waals surface area (Å²) in [5, 5.41) is 15.0. The van der Waals surface area contributed by atoms with E-state index in [1.54, 1.807) is 23.2 Å². The predicted octanol–water partition coefficient (Wildman–Crippen LogP) is 0.492. The number of hydrogen-bond acceptors (Lipinski definition) is 7. The molecule has 1 amide bonds. The van der Waals surface area contributed by atoms with Crippen LogP contribution in [-0.2, 0) is 4.74 Å². The number of rotatable bonds is 4. The normalized spacial score (nSPS) is 18.2. The highest BCUT2D eigenvalue weighted by Gasteiger charge is 2.29. The molecular weight excluding hydrogens is 368 g/mol. The Labute approximate surface area is 162 Å². The average Bonchev–Trinajstić information content (AvgIpc) is 3.37. The molecule has 0 spiro atoms. The van der Waals surface area contributed by atoms with Gasteiger partial charge in [-0.25, -0.2) is 9.64 Å². The van der Waals surface area contributed by atoms with Crippen molar-refractivity contribution in [3.63, 3.8) is 0 Å². The molecule has 2 aliphatic rings. The molecule has 2 saturated heterocycles. The van der Waals surface area contributed by atoms with Crippen molar-refractivity contribution in [1.82, 2.24) is 30.5 Å². The van der Waals surface area contributed by atoms with Crippen LogP contribution >= 0.6 is 12.2 Å². The lowest BCUT2D eigenvalue weighted by Gasteiger charge is -2.31. The SMILES string of the molecule is O=C(c1ccc2nonc2c1)N1CCCN1C(=S)NCCN1CCOCC1. The highest BCUT2D eigenvalue weighted by molar-refractivity contribution is 7.80. The fraction of sp³-hybridized carbons (Fsp3) is 0.529. The van der Waals surface area contributed by atoms with Crippen molar-refractivity contribution < 1.29 is 14.2 Å². The van der Waals surface area contributed by atoms with Gasteiger partial charge in [0, 0.05) is 44.8 Å². The molecule has 144 valence electrons. The van der Waals surface area contributed by atoms with Crippen LogP contribution in [0.15, 0.2) is 22.8 Å². The van der Waals surface area contributed by atoms with E-state index in [0.717, 1.165) is 52.4 Å². The van der Waals surface area contributed by atoms with Crippen molar-refractivity contribution in [2.24, 2.45) is 0 Å². The summed E-state index contributed by atoms with van der Waals surface area (Å²) in [4.78, 5) is 15.3. The first-order chi connectivity index (χ1) is 13.2. The van der Waals surface area contributed by atoms with Crippen LogP contribution in [0.3, 0.4) is 0 Å². The fourth-order valence-corrected chi connectivity index (χ4v) is 3.63. The molecule has 0 saturated carbocycles. The molecule has 10 heteroatoms. The number of benzene rings is 1. The van der Waals surface area contributed by atoms with Gasteiger partial charge >= 0.3 is 0 Å². The monoisotopic (exact) mass is 390 g/mol. The topological polar surface area (TPSA) is 87.0 Å². The smallest absolute Gasteiger partial charge is 0.272 e. The molecule has 2 aliphatic heterocycles. The molecular formula is C17H22N6O3S. The number of carbonyl (C=O) groups is 1. The maximum absolute atomic E-state index is 12.9. The van der Waals surface area contributed by atoms with E-state index in [-0.39, 0.29) is 5.91 Å². The Morgan fingerprint density at radius 2 is 1.89 bits per heavy atom. The lowest BCUT2D eigenvalue weighted by molar-refractivity contribution is 0.0382. The standard InChI is InChI=1S/C17H22N6O3S/c24-16(13-2-3-14-15(12-13)20-26-19-14)22-5-1-6-23(22)17(27)18-4-7-21-8-10-25-11-9-21/h2-3,12H,1,4-11H2,(H,18,27). The molecule has 1 aromatic carbocycles. The quantitative estimate of drug-likeness (QED) is 0.750. The van der Waals surface area contributed by atoms with E-state index in [1.807, 2.05) is 5.01 Å². The second kappa shape index (κ2) is 8.15. The first kappa shape index (κ1) is 18.1. The minimum absolute atomic E-state index is 0.102. The summed E-state index contributed by atoms with van der Waals surface area (Å²) in [6.07, 6.45) is 0.880. The zero-order valence-electron chi connectivity index (χ0n) is 15.0. The molecule has 1 aromatic heterocycles. The summed E-state index contributed by atoms with van der Waals surface area (Å²) >= 11 is 5.53. The molecule has 0 bridgehead atoms. The van der Waals surface area contributed by atoms with Crippen LogP contribution in [0.25, 0.3) is 11.0 Å². The highest BCUT2D eigenvalue weighted by atomic mass is 32.1. The number of nitrogens with one attached hydrogen (secondary N) is 1. The Kier molecular flexibility index (Phi) is 5.46. The van der Waals surface area contributed by atoms with Crippen LogP contribution in [0, 0.1) is 0 Å². The zero-order chi connectivity index (χ0) is 18.6. The molecule has 0 atom stereocenters. The molecule has 9 nitrogen and oxygen atoms in total. The van der Waals surface area contributed by atoms with E-state index in [0.29, 0.717) is 28.3 Å². The van der Waals surface area contributed by atoms with Crippen LogP contribution in [0.1, 0.15) is 16.8 Å². The Bertz CT molecular complexity index is 822. The second-order valence-corrected chi connectivity index (χ2v) is 6.95. The van der Waals surface area contributed by atoms with Gasteiger partial charge in [-0.05, 0) is 47.2 Å². The largest absolute Gasteiger partial charge is 0.379 e. The van der Waals surface area contributed by atoms with Crippen LogP contribution < -0.4 is 5.32 Å². The van der Waals surface area contributed by atoms with E-state index in [2.05, 4.69) is 20.5 Å². The van der Waals surface area contributed by atoms with Crippen molar-refractivity contribution in [2.75, 3.05) is 52.5 Å². The van der Waals surface area contributed by atoms with Gasteiger partial charge in [0.25, 0.3) is 5.91 Å². The summed E-state index contributed by atoms with van der Waals surface area (Å²) in [7, 11) is 0. The molecule has 3 heterocycles. The lowest BCUT2D eigenvalue weighted by atomic mass is 10.2. The van der Waals surface area contributed by atoms with Crippen LogP contribution in [-0.4, -0.2) is 88.7 Å². The van der Waals surface area contributed by atoms with Crippen molar-refractivity contribution >= 4 is 34.3 Å². The van der Waals surface area contributed by atoms with Crippen LogP contribution in [0.2, 0.25) is 0 Å². The molecule has 0 aliphatic carbocycles. The van der Waals surface area contributed by atoms with E-state index < -0.39 is 0 Å². The van der Waals surface area contributed by atoms with Gasteiger partial charge in [-0.3, -0.25) is 14.7 Å². The summed E-state index contributed by atoms with van der Waals surface area (Å²) < 4.78 is 10.1. The van der Waals surface area contributed by atoms with Gasteiger partial charge in [0.15, 0.2) is 5.11 Å². The average molecular weight is 390 g/mol. The number of ether oxygens (including phenoxy) is 1. The zero-order valence-corrected chi connectivity index (χ0v) is 15.8. The number of aromatic nitrogens is 2. The van der Waals surface area contributed by atoms with Crippen molar-refractivity contribution in [3.8, 4) is 0 Å². The molecule has 2 fully saturated rings. The van der Waals surface area contributed by atoms with Crippen LogP contribution in [0.5, 0.6) is 0 Å². The number of hydrogen-bond donors (Lipinski definition) is 1. The maximum Gasteiger partial charge on any atom is 0.272 e. The molecule has 4 rings (SSSR count). The van der Waals surface area contributed by atoms with Gasteiger partial charge < -0.3 is 10.1 Å². The third-order valence-corrected chi connectivity index (χ3v) is 5.16. The highest BCUT2D eigenvalue weighted by Crippen LogP contribution is 2.18. The molecule has 2 aromatic rings. The van der Waals surface area contributed by atoms with Gasteiger partial charge in [-0.1, -0.05) is 0 Å². The Morgan fingerprint density at radius 3 is 2.74 bits per heavy atom. The molecule has 1 N–H and O–H groups in total. The maximum atomic E-state index is 12.9. The van der Waals surface area contributed by atoms with E-state index in [4.69, 9.17) is 21.6 Å². The minimum Gasteiger partial charge on any atom is -0.379 e. The van der Waals surface area contributed by atoms with Gasteiger partial charge in [0.05, 0.1) is 13.2 Å². The van der Waals surface area contributed by atoms with Crippen molar-refractivity contribution in [1.29, 1.82) is 0 Å². The van der Waals surface area contributed by atoms with Crippen molar-refractivity contribution in [2.45, 2.75) is 6.42 Å². The number of thiocarbonyl (C=S) groups is 1. The Hall–Kier alpha value is -2.30. The Morgan fingerprint density at radius 1 is 1.11 bits per heavy atom. The molecule has 0 unspecified atom stereocenters. The van der Waals surface area contributed by atoms with Gasteiger partial charge in [0.2, 0.25) is 0 Å². The molecule has 0 radical (unpaired) electrons. The summed E-state index contributed by atoms with van der Waals surface area (Å²) in [5.41, 5.74) is 1.74. The summed E-state index contributed by atoms with van der Waals surface area (Å²) in [5.74, 6) is -0.102. The number of morpholine rings is 1. The summed E-state index contributed by atoms with van der Waals surface area (Å²) in [6, 6.07) is 5.16. The van der Waals surface area contributed by atoms with Gasteiger partial charge in [0.1, 0.15) is 11.0 Å². The molecule has 27 heavy (non-hydrogen) atoms. The number of nitrogens with zero attached hydrogens (tertiary/aromatic N) is 5. The number of amides is 1. The third-order valence-electron chi connectivity index (χ3n) is 4.81. The number of fused-ring (bicyclic) bond motifs is 1. The third kappa shape index (κ3) is 4.02.